The second kappa shape index (κ2) is 7.77. The molecular formula is C15H21F3IN3O2. The van der Waals surface area contributed by atoms with E-state index in [1.807, 2.05) is 13.8 Å². The Morgan fingerprint density at radius 2 is 2.04 bits per heavy atom. The van der Waals surface area contributed by atoms with E-state index in [0.717, 1.165) is 6.42 Å². The van der Waals surface area contributed by atoms with Gasteiger partial charge in [-0.2, -0.15) is 0 Å². The van der Waals surface area contributed by atoms with Gasteiger partial charge in [-0.15, -0.1) is 37.1 Å². The summed E-state index contributed by atoms with van der Waals surface area (Å²) in [5.41, 5.74) is 6.07. The third-order valence-electron chi connectivity index (χ3n) is 4.05. The van der Waals surface area contributed by atoms with Gasteiger partial charge in [-0.25, -0.2) is 4.99 Å². The van der Waals surface area contributed by atoms with Gasteiger partial charge in [0.1, 0.15) is 5.75 Å². The van der Waals surface area contributed by atoms with Crippen molar-refractivity contribution in [1.29, 1.82) is 0 Å². The summed E-state index contributed by atoms with van der Waals surface area (Å²) < 4.78 is 45.8. The van der Waals surface area contributed by atoms with E-state index < -0.39 is 6.36 Å². The maximum absolute atomic E-state index is 12.2. The van der Waals surface area contributed by atoms with Crippen molar-refractivity contribution >= 4 is 35.6 Å². The van der Waals surface area contributed by atoms with Crippen molar-refractivity contribution in [3.63, 3.8) is 0 Å². The average molecular weight is 459 g/mol. The molecule has 24 heavy (non-hydrogen) atoms. The van der Waals surface area contributed by atoms with Crippen LogP contribution >= 0.6 is 24.0 Å². The van der Waals surface area contributed by atoms with Gasteiger partial charge in [0.25, 0.3) is 0 Å². The number of nitrogens with one attached hydrogen (secondary N) is 1. The Kier molecular flexibility index (Phi) is 6.74. The highest BCUT2D eigenvalue weighted by atomic mass is 127. The Balaban J connectivity index is 0.00000288. The quantitative estimate of drug-likeness (QED) is 0.409. The number of benzene rings is 1. The Morgan fingerprint density at radius 1 is 1.38 bits per heavy atom. The molecule has 2 rings (SSSR count). The number of guanidine groups is 1. The number of rotatable bonds is 4. The van der Waals surface area contributed by atoms with E-state index in [4.69, 9.17) is 10.5 Å². The van der Waals surface area contributed by atoms with Gasteiger partial charge in [0, 0.05) is 24.3 Å². The molecule has 3 N–H and O–H groups in total. The molecule has 1 aromatic carbocycles. The number of nitrogens with zero attached hydrogens (tertiary/aromatic N) is 1. The first-order valence-corrected chi connectivity index (χ1v) is 7.10. The van der Waals surface area contributed by atoms with Crippen LogP contribution in [0.25, 0.3) is 0 Å². The Hall–Kier alpha value is -1.23. The van der Waals surface area contributed by atoms with E-state index in [9.17, 15) is 13.2 Å². The minimum Gasteiger partial charge on any atom is -0.406 e. The summed E-state index contributed by atoms with van der Waals surface area (Å²) in [6.45, 7) is 4.06. The van der Waals surface area contributed by atoms with Crippen LogP contribution in [0.2, 0.25) is 0 Å². The standard InChI is InChI=1S/C15H20F3N3O2.HI/c1-14(2)11(8-12(14)22-3)21-13(19)20-9-5-4-6-10(7-9)23-15(16,17)18;/h4-7,11-12H,8H2,1-3H3,(H3,19,20,21);1H. The Labute approximate surface area is 155 Å². The summed E-state index contributed by atoms with van der Waals surface area (Å²) in [4.78, 5) is 4.37. The molecule has 0 amide bonds. The van der Waals surface area contributed by atoms with Crippen molar-refractivity contribution < 1.29 is 22.6 Å². The van der Waals surface area contributed by atoms with Crippen LogP contribution in [0, 0.1) is 5.41 Å². The molecule has 0 bridgehead atoms. The van der Waals surface area contributed by atoms with Crippen LogP contribution in [0.15, 0.2) is 29.3 Å². The van der Waals surface area contributed by atoms with Crippen molar-refractivity contribution in [2.75, 3.05) is 12.4 Å². The molecule has 1 saturated carbocycles. The number of halogens is 4. The molecule has 0 spiro atoms. The number of nitrogens with two attached hydrogens (primary N) is 1. The zero-order valence-electron chi connectivity index (χ0n) is 13.6. The second-order valence-corrected chi connectivity index (χ2v) is 6.01. The maximum atomic E-state index is 12.2. The van der Waals surface area contributed by atoms with E-state index in [0.29, 0.717) is 5.69 Å². The molecule has 0 saturated heterocycles. The molecule has 0 heterocycles. The van der Waals surface area contributed by atoms with Gasteiger partial charge < -0.3 is 20.5 Å². The number of alkyl halides is 3. The van der Waals surface area contributed by atoms with Crippen molar-refractivity contribution in [3.05, 3.63) is 24.3 Å². The summed E-state index contributed by atoms with van der Waals surface area (Å²) in [6, 6.07) is 5.43. The van der Waals surface area contributed by atoms with Crippen LogP contribution in [0.1, 0.15) is 20.3 Å². The normalized spacial score (nSPS) is 23.0. The van der Waals surface area contributed by atoms with Crippen LogP contribution in [0.4, 0.5) is 18.9 Å². The van der Waals surface area contributed by atoms with E-state index in [-0.39, 0.29) is 53.2 Å². The van der Waals surface area contributed by atoms with Crippen LogP contribution in [-0.2, 0) is 4.74 Å². The number of ether oxygens (including phenoxy) is 2. The van der Waals surface area contributed by atoms with E-state index in [2.05, 4.69) is 15.0 Å². The Bertz CT molecular complexity index is 594. The van der Waals surface area contributed by atoms with Crippen molar-refractivity contribution in [2.24, 2.45) is 16.1 Å². The van der Waals surface area contributed by atoms with Gasteiger partial charge in [-0.3, -0.25) is 0 Å². The van der Waals surface area contributed by atoms with Gasteiger partial charge >= 0.3 is 6.36 Å². The van der Waals surface area contributed by atoms with Crippen LogP contribution in [-0.4, -0.2) is 31.6 Å². The molecule has 1 fully saturated rings. The molecule has 0 radical (unpaired) electrons. The topological polar surface area (TPSA) is 68.9 Å². The monoisotopic (exact) mass is 459 g/mol. The van der Waals surface area contributed by atoms with Gasteiger partial charge in [0.2, 0.25) is 0 Å². The second-order valence-electron chi connectivity index (χ2n) is 6.01. The van der Waals surface area contributed by atoms with Gasteiger partial charge in [-0.1, -0.05) is 19.9 Å². The first-order valence-electron chi connectivity index (χ1n) is 7.10. The largest absolute Gasteiger partial charge is 0.573 e. The number of anilines is 1. The fourth-order valence-electron chi connectivity index (χ4n) is 2.60. The van der Waals surface area contributed by atoms with Crippen LogP contribution in [0.5, 0.6) is 5.75 Å². The van der Waals surface area contributed by atoms with Crippen molar-refractivity contribution in [3.8, 4) is 5.75 Å². The first kappa shape index (κ1) is 20.8. The lowest BCUT2D eigenvalue weighted by atomic mass is 9.65. The molecule has 2 atom stereocenters. The van der Waals surface area contributed by atoms with E-state index in [1.165, 1.54) is 18.2 Å². The molecule has 9 heteroatoms. The molecule has 1 aromatic rings. The lowest BCUT2D eigenvalue weighted by Gasteiger charge is -2.48. The smallest absolute Gasteiger partial charge is 0.406 e. The molecule has 2 unspecified atom stereocenters. The highest BCUT2D eigenvalue weighted by molar-refractivity contribution is 14.0. The maximum Gasteiger partial charge on any atom is 0.573 e. The Morgan fingerprint density at radius 3 is 2.58 bits per heavy atom. The van der Waals surface area contributed by atoms with Crippen LogP contribution < -0.4 is 15.8 Å². The minimum absolute atomic E-state index is 0. The van der Waals surface area contributed by atoms with Crippen molar-refractivity contribution in [2.45, 2.75) is 38.8 Å². The fraction of sp³-hybridized carbons (Fsp3) is 0.533. The zero-order valence-corrected chi connectivity index (χ0v) is 15.9. The fourth-order valence-corrected chi connectivity index (χ4v) is 2.60. The predicted octanol–water partition coefficient (Wildman–Crippen LogP) is 3.74. The van der Waals surface area contributed by atoms with Gasteiger partial charge in [0.05, 0.1) is 12.1 Å². The van der Waals surface area contributed by atoms with E-state index in [1.54, 1.807) is 13.2 Å². The lowest BCUT2D eigenvalue weighted by molar-refractivity contribution is -0.274. The third-order valence-corrected chi connectivity index (χ3v) is 4.05. The molecule has 0 aliphatic heterocycles. The SMILES string of the molecule is COC1CC(N=C(N)Nc2cccc(OC(F)(F)F)c2)C1(C)C.I. The number of methoxy groups -OCH3 is 1. The predicted molar refractivity (Wildman–Crippen MR) is 96.8 cm³/mol. The summed E-state index contributed by atoms with van der Waals surface area (Å²) in [7, 11) is 1.65. The molecule has 5 nitrogen and oxygen atoms in total. The van der Waals surface area contributed by atoms with Crippen LogP contribution in [0.3, 0.4) is 0 Å². The highest BCUT2D eigenvalue weighted by Gasteiger charge is 2.48. The molecular weight excluding hydrogens is 438 g/mol. The number of hydrogen-bond acceptors (Lipinski definition) is 3. The highest BCUT2D eigenvalue weighted by Crippen LogP contribution is 2.44. The molecule has 0 aromatic heterocycles. The molecule has 1 aliphatic rings. The third kappa shape index (κ3) is 5.13. The summed E-state index contributed by atoms with van der Waals surface area (Å²) in [5, 5.41) is 2.78. The molecule has 136 valence electrons. The summed E-state index contributed by atoms with van der Waals surface area (Å²) in [6.07, 6.45) is -3.86. The molecule has 1 aliphatic carbocycles. The van der Waals surface area contributed by atoms with Gasteiger partial charge in [-0.05, 0) is 18.6 Å². The minimum atomic E-state index is -4.73. The zero-order chi connectivity index (χ0) is 17.3. The van der Waals surface area contributed by atoms with Gasteiger partial charge in [0.15, 0.2) is 5.96 Å². The van der Waals surface area contributed by atoms with E-state index >= 15 is 0 Å². The van der Waals surface area contributed by atoms with Crippen molar-refractivity contribution in [1.82, 2.24) is 0 Å². The lowest BCUT2D eigenvalue weighted by Crippen LogP contribution is -2.54. The number of aliphatic imine (C=N–C) groups is 1. The summed E-state index contributed by atoms with van der Waals surface area (Å²) in [5.74, 6) is -0.180. The summed E-state index contributed by atoms with van der Waals surface area (Å²) >= 11 is 0. The number of hydrogen-bond donors (Lipinski definition) is 2. The average Bonchev–Trinajstić information content (AvgIpc) is 2.41. The first-order chi connectivity index (χ1) is 10.6.